The zero-order valence-corrected chi connectivity index (χ0v) is 12.8. The molecule has 3 unspecified atom stereocenters. The maximum absolute atomic E-state index is 3.46. The van der Waals surface area contributed by atoms with E-state index in [0.717, 1.165) is 11.8 Å². The highest BCUT2D eigenvalue weighted by molar-refractivity contribution is 5.24. The molecule has 1 fully saturated rings. The SMILES string of the molecule is CNC(CCN1CC(C)C(C)C1)c1ccc(C)cc1. The van der Waals surface area contributed by atoms with Crippen molar-refractivity contribution in [3.63, 3.8) is 0 Å². The molecule has 2 rings (SSSR count). The van der Waals surface area contributed by atoms with Gasteiger partial charge in [0.25, 0.3) is 0 Å². The minimum Gasteiger partial charge on any atom is -0.313 e. The molecule has 0 spiro atoms. The van der Waals surface area contributed by atoms with Crippen LogP contribution in [0.4, 0.5) is 0 Å². The molecule has 19 heavy (non-hydrogen) atoms. The van der Waals surface area contributed by atoms with Crippen molar-refractivity contribution in [3.05, 3.63) is 35.4 Å². The summed E-state index contributed by atoms with van der Waals surface area (Å²) in [6, 6.07) is 9.41. The number of rotatable bonds is 5. The van der Waals surface area contributed by atoms with Gasteiger partial charge in [0, 0.05) is 19.1 Å². The van der Waals surface area contributed by atoms with Crippen LogP contribution in [0.5, 0.6) is 0 Å². The van der Waals surface area contributed by atoms with Crippen molar-refractivity contribution in [2.75, 3.05) is 26.7 Å². The molecule has 1 heterocycles. The van der Waals surface area contributed by atoms with Gasteiger partial charge in [0.05, 0.1) is 0 Å². The molecule has 1 N–H and O–H groups in total. The quantitative estimate of drug-likeness (QED) is 0.874. The van der Waals surface area contributed by atoms with Gasteiger partial charge in [-0.3, -0.25) is 0 Å². The third-order valence-electron chi connectivity index (χ3n) is 4.63. The van der Waals surface area contributed by atoms with E-state index in [4.69, 9.17) is 0 Å². The molecule has 1 aromatic carbocycles. The van der Waals surface area contributed by atoms with Gasteiger partial charge in [-0.05, 0) is 44.3 Å². The Morgan fingerprint density at radius 2 is 1.74 bits per heavy atom. The average molecular weight is 260 g/mol. The first kappa shape index (κ1) is 14.5. The zero-order chi connectivity index (χ0) is 13.8. The minimum absolute atomic E-state index is 0.479. The summed E-state index contributed by atoms with van der Waals surface area (Å²) in [5, 5.41) is 3.46. The van der Waals surface area contributed by atoms with Gasteiger partial charge < -0.3 is 10.2 Å². The Hall–Kier alpha value is -0.860. The van der Waals surface area contributed by atoms with Crippen LogP contribution in [0.3, 0.4) is 0 Å². The van der Waals surface area contributed by atoms with Gasteiger partial charge in [-0.25, -0.2) is 0 Å². The van der Waals surface area contributed by atoms with Crippen molar-refractivity contribution in [2.45, 2.75) is 33.2 Å². The van der Waals surface area contributed by atoms with Crippen LogP contribution < -0.4 is 5.32 Å². The van der Waals surface area contributed by atoms with Gasteiger partial charge in [-0.15, -0.1) is 0 Å². The number of nitrogens with one attached hydrogen (secondary N) is 1. The lowest BCUT2D eigenvalue weighted by atomic mass is 10.0. The molecular weight excluding hydrogens is 232 g/mol. The summed E-state index contributed by atoms with van der Waals surface area (Å²) >= 11 is 0. The largest absolute Gasteiger partial charge is 0.313 e. The third-order valence-corrected chi connectivity index (χ3v) is 4.63. The van der Waals surface area contributed by atoms with Crippen molar-refractivity contribution < 1.29 is 0 Å². The number of aryl methyl sites for hydroxylation is 1. The second-order valence-corrected chi connectivity index (χ2v) is 6.25. The molecule has 1 aliphatic rings. The lowest BCUT2D eigenvalue weighted by molar-refractivity contribution is 0.301. The molecule has 3 atom stereocenters. The summed E-state index contributed by atoms with van der Waals surface area (Å²) in [6.45, 7) is 10.6. The van der Waals surface area contributed by atoms with E-state index < -0.39 is 0 Å². The third kappa shape index (κ3) is 3.80. The van der Waals surface area contributed by atoms with Crippen LogP contribution in [0.15, 0.2) is 24.3 Å². The summed E-state index contributed by atoms with van der Waals surface area (Å²) in [5.41, 5.74) is 2.74. The monoisotopic (exact) mass is 260 g/mol. The summed E-state index contributed by atoms with van der Waals surface area (Å²) < 4.78 is 0. The molecule has 1 aliphatic heterocycles. The van der Waals surface area contributed by atoms with Crippen molar-refractivity contribution in [1.29, 1.82) is 0 Å². The first-order valence-corrected chi connectivity index (χ1v) is 7.56. The van der Waals surface area contributed by atoms with Crippen LogP contribution >= 0.6 is 0 Å². The van der Waals surface area contributed by atoms with Crippen LogP contribution in [-0.2, 0) is 0 Å². The van der Waals surface area contributed by atoms with Crippen molar-refractivity contribution in [3.8, 4) is 0 Å². The van der Waals surface area contributed by atoms with Crippen LogP contribution in [0, 0.1) is 18.8 Å². The van der Waals surface area contributed by atoms with Crippen molar-refractivity contribution in [1.82, 2.24) is 10.2 Å². The second kappa shape index (κ2) is 6.53. The van der Waals surface area contributed by atoms with E-state index in [1.165, 1.54) is 37.2 Å². The number of nitrogens with zero attached hydrogens (tertiary/aromatic N) is 1. The van der Waals surface area contributed by atoms with Crippen LogP contribution in [0.1, 0.15) is 37.4 Å². The molecule has 0 aromatic heterocycles. The standard InChI is InChI=1S/C17H28N2/c1-13-5-7-16(8-6-13)17(18-4)9-10-19-11-14(2)15(3)12-19/h5-8,14-15,17-18H,9-12H2,1-4H3. The Kier molecular flexibility index (Phi) is 5.00. The first-order valence-electron chi connectivity index (χ1n) is 7.56. The molecule has 0 bridgehead atoms. The highest BCUT2D eigenvalue weighted by atomic mass is 15.2. The Morgan fingerprint density at radius 3 is 2.26 bits per heavy atom. The van der Waals surface area contributed by atoms with Gasteiger partial charge in [0.1, 0.15) is 0 Å². The Labute approximate surface area is 118 Å². The van der Waals surface area contributed by atoms with Gasteiger partial charge in [0.2, 0.25) is 0 Å². The van der Waals surface area contributed by atoms with E-state index in [9.17, 15) is 0 Å². The lowest BCUT2D eigenvalue weighted by Crippen LogP contribution is -2.27. The predicted octanol–water partition coefficient (Wildman–Crippen LogP) is 3.23. The van der Waals surface area contributed by atoms with Crippen LogP contribution in [0.2, 0.25) is 0 Å². The highest BCUT2D eigenvalue weighted by Crippen LogP contribution is 2.24. The zero-order valence-electron chi connectivity index (χ0n) is 12.8. The Balaban J connectivity index is 1.88. The molecule has 0 radical (unpaired) electrons. The molecular formula is C17H28N2. The summed E-state index contributed by atoms with van der Waals surface area (Å²) in [5.74, 6) is 1.71. The molecule has 0 saturated carbocycles. The van der Waals surface area contributed by atoms with Gasteiger partial charge in [-0.2, -0.15) is 0 Å². The topological polar surface area (TPSA) is 15.3 Å². The highest BCUT2D eigenvalue weighted by Gasteiger charge is 2.26. The van der Waals surface area contributed by atoms with Crippen molar-refractivity contribution in [2.24, 2.45) is 11.8 Å². The average Bonchev–Trinajstić information content (AvgIpc) is 2.71. The molecule has 106 valence electrons. The first-order chi connectivity index (χ1) is 9.10. The maximum atomic E-state index is 3.46. The summed E-state index contributed by atoms with van der Waals surface area (Å²) in [7, 11) is 2.07. The second-order valence-electron chi connectivity index (χ2n) is 6.25. The van der Waals surface area contributed by atoms with E-state index in [1.54, 1.807) is 0 Å². The van der Waals surface area contributed by atoms with E-state index in [1.807, 2.05) is 0 Å². The normalized spacial score (nSPS) is 25.7. The Bertz CT molecular complexity index is 375. The van der Waals surface area contributed by atoms with E-state index in [2.05, 4.69) is 62.3 Å². The fourth-order valence-electron chi connectivity index (χ4n) is 3.02. The number of hydrogen-bond donors (Lipinski definition) is 1. The van der Waals surface area contributed by atoms with Gasteiger partial charge in [-0.1, -0.05) is 43.7 Å². The van der Waals surface area contributed by atoms with Gasteiger partial charge in [0.15, 0.2) is 0 Å². The predicted molar refractivity (Wildman–Crippen MR) is 82.4 cm³/mol. The molecule has 2 nitrogen and oxygen atoms in total. The molecule has 0 aliphatic carbocycles. The van der Waals surface area contributed by atoms with E-state index >= 15 is 0 Å². The lowest BCUT2D eigenvalue weighted by Gasteiger charge is -2.21. The maximum Gasteiger partial charge on any atom is 0.0329 e. The molecule has 1 saturated heterocycles. The summed E-state index contributed by atoms with van der Waals surface area (Å²) in [6.07, 6.45) is 1.19. The number of benzene rings is 1. The van der Waals surface area contributed by atoms with Crippen molar-refractivity contribution >= 4 is 0 Å². The Morgan fingerprint density at radius 1 is 1.16 bits per heavy atom. The molecule has 2 heteroatoms. The molecule has 1 aromatic rings. The number of likely N-dealkylation sites (tertiary alicyclic amines) is 1. The van der Waals surface area contributed by atoms with Gasteiger partial charge >= 0.3 is 0 Å². The minimum atomic E-state index is 0.479. The van der Waals surface area contributed by atoms with E-state index in [0.29, 0.717) is 6.04 Å². The molecule has 0 amide bonds. The summed E-state index contributed by atoms with van der Waals surface area (Å²) in [4.78, 5) is 2.62. The van der Waals surface area contributed by atoms with Crippen LogP contribution in [0.25, 0.3) is 0 Å². The fraction of sp³-hybridized carbons (Fsp3) is 0.647. The van der Waals surface area contributed by atoms with E-state index in [-0.39, 0.29) is 0 Å². The van der Waals surface area contributed by atoms with Crippen LogP contribution in [-0.4, -0.2) is 31.6 Å². The smallest absolute Gasteiger partial charge is 0.0329 e. The fourth-order valence-corrected chi connectivity index (χ4v) is 3.02. The number of hydrogen-bond acceptors (Lipinski definition) is 2.